The number of rotatable bonds is 4. The Morgan fingerprint density at radius 2 is 2.15 bits per heavy atom. The molecule has 0 aliphatic carbocycles. The van der Waals surface area contributed by atoms with Crippen LogP contribution in [0.2, 0.25) is 0 Å². The second kappa shape index (κ2) is 5.61. The zero-order chi connectivity index (χ0) is 9.68. The van der Waals surface area contributed by atoms with Crippen LogP contribution in [0.5, 0.6) is 0 Å². The van der Waals surface area contributed by atoms with Gasteiger partial charge in [0.25, 0.3) is 0 Å². The molecule has 1 aliphatic heterocycles. The monoisotopic (exact) mass is 186 g/mol. The van der Waals surface area contributed by atoms with Crippen LogP contribution in [-0.2, 0) is 4.74 Å². The fourth-order valence-corrected chi connectivity index (χ4v) is 1.73. The van der Waals surface area contributed by atoms with Crippen molar-refractivity contribution < 1.29 is 9.84 Å². The molecule has 1 aliphatic rings. The van der Waals surface area contributed by atoms with Gasteiger partial charge in [0, 0.05) is 6.61 Å². The van der Waals surface area contributed by atoms with Crippen LogP contribution in [0.3, 0.4) is 0 Å². The van der Waals surface area contributed by atoms with Gasteiger partial charge in [-0.25, -0.2) is 0 Å². The van der Waals surface area contributed by atoms with E-state index >= 15 is 0 Å². The van der Waals surface area contributed by atoms with Crippen molar-refractivity contribution in [2.45, 2.75) is 58.2 Å². The Balaban J connectivity index is 2.10. The Morgan fingerprint density at radius 3 is 2.69 bits per heavy atom. The molecule has 2 unspecified atom stereocenters. The molecule has 1 N–H and O–H groups in total. The molecule has 13 heavy (non-hydrogen) atoms. The number of ether oxygens (including phenoxy) is 1. The molecule has 0 aromatic heterocycles. The zero-order valence-electron chi connectivity index (χ0n) is 8.83. The molecule has 0 bridgehead atoms. The normalized spacial score (nSPS) is 26.3. The van der Waals surface area contributed by atoms with E-state index in [0.29, 0.717) is 12.0 Å². The summed E-state index contributed by atoms with van der Waals surface area (Å²) >= 11 is 0. The van der Waals surface area contributed by atoms with Gasteiger partial charge in [-0.15, -0.1) is 0 Å². The summed E-state index contributed by atoms with van der Waals surface area (Å²) < 4.78 is 5.60. The van der Waals surface area contributed by atoms with Gasteiger partial charge >= 0.3 is 0 Å². The fourth-order valence-electron chi connectivity index (χ4n) is 1.73. The first kappa shape index (κ1) is 11.0. The zero-order valence-corrected chi connectivity index (χ0v) is 8.83. The third kappa shape index (κ3) is 4.10. The summed E-state index contributed by atoms with van der Waals surface area (Å²) in [4.78, 5) is 0. The molecule has 0 saturated carbocycles. The van der Waals surface area contributed by atoms with Crippen molar-refractivity contribution in [3.63, 3.8) is 0 Å². The van der Waals surface area contributed by atoms with E-state index in [-0.39, 0.29) is 6.10 Å². The highest BCUT2D eigenvalue weighted by Crippen LogP contribution is 2.19. The molecule has 0 amide bonds. The molecule has 78 valence electrons. The van der Waals surface area contributed by atoms with Gasteiger partial charge in [-0.3, -0.25) is 0 Å². The van der Waals surface area contributed by atoms with Gasteiger partial charge in [-0.1, -0.05) is 13.8 Å². The highest BCUT2D eigenvalue weighted by Gasteiger charge is 2.16. The van der Waals surface area contributed by atoms with Crippen molar-refractivity contribution >= 4 is 0 Å². The van der Waals surface area contributed by atoms with Crippen molar-refractivity contribution in [3.8, 4) is 0 Å². The molecule has 0 aromatic carbocycles. The molecular formula is C11H22O2. The van der Waals surface area contributed by atoms with Crippen molar-refractivity contribution in [2.24, 2.45) is 5.92 Å². The Kier molecular flexibility index (Phi) is 4.74. The molecular weight excluding hydrogens is 164 g/mol. The first-order valence-corrected chi connectivity index (χ1v) is 5.50. The average Bonchev–Trinajstić information content (AvgIpc) is 2.15. The van der Waals surface area contributed by atoms with Gasteiger partial charge in [-0.05, 0) is 38.0 Å². The molecule has 1 heterocycles. The lowest BCUT2D eigenvalue weighted by molar-refractivity contribution is -0.00138. The minimum Gasteiger partial charge on any atom is -0.393 e. The summed E-state index contributed by atoms with van der Waals surface area (Å²) in [6.45, 7) is 5.04. The first-order valence-electron chi connectivity index (χ1n) is 5.50. The Labute approximate surface area is 81.3 Å². The second-order valence-corrected chi connectivity index (χ2v) is 4.38. The van der Waals surface area contributed by atoms with Gasteiger partial charge in [-0.2, -0.15) is 0 Å². The third-order valence-corrected chi connectivity index (χ3v) is 2.83. The van der Waals surface area contributed by atoms with Crippen LogP contribution in [0.15, 0.2) is 0 Å². The molecule has 0 aromatic rings. The number of hydrogen-bond acceptors (Lipinski definition) is 2. The summed E-state index contributed by atoms with van der Waals surface area (Å²) in [5.74, 6) is 0.378. The molecule has 0 radical (unpaired) electrons. The Bertz CT molecular complexity index is 128. The van der Waals surface area contributed by atoms with Crippen LogP contribution < -0.4 is 0 Å². The lowest BCUT2D eigenvalue weighted by Crippen LogP contribution is -2.22. The molecule has 1 saturated heterocycles. The predicted molar refractivity (Wildman–Crippen MR) is 53.7 cm³/mol. The summed E-state index contributed by atoms with van der Waals surface area (Å²) in [6, 6.07) is 0. The van der Waals surface area contributed by atoms with E-state index in [4.69, 9.17) is 4.74 Å². The minimum absolute atomic E-state index is 0.148. The van der Waals surface area contributed by atoms with E-state index in [1.54, 1.807) is 0 Å². The number of hydrogen-bond donors (Lipinski definition) is 1. The summed E-state index contributed by atoms with van der Waals surface area (Å²) in [6.07, 6.45) is 5.88. The number of aliphatic hydroxyl groups excluding tert-OH is 1. The summed E-state index contributed by atoms with van der Waals surface area (Å²) in [5.41, 5.74) is 0. The van der Waals surface area contributed by atoms with E-state index in [1.807, 2.05) is 0 Å². The van der Waals surface area contributed by atoms with Crippen LogP contribution in [-0.4, -0.2) is 23.9 Å². The SMILES string of the molecule is CC(C)C(O)CCC1CCCCO1. The van der Waals surface area contributed by atoms with Gasteiger partial charge in [0.05, 0.1) is 12.2 Å². The minimum atomic E-state index is -0.148. The highest BCUT2D eigenvalue weighted by atomic mass is 16.5. The highest BCUT2D eigenvalue weighted by molar-refractivity contribution is 4.67. The summed E-state index contributed by atoms with van der Waals surface area (Å²) in [5, 5.41) is 9.60. The molecule has 1 fully saturated rings. The quantitative estimate of drug-likeness (QED) is 0.730. The van der Waals surface area contributed by atoms with Crippen LogP contribution in [0.1, 0.15) is 46.0 Å². The van der Waals surface area contributed by atoms with E-state index in [0.717, 1.165) is 19.4 Å². The number of aliphatic hydroxyl groups is 1. The smallest absolute Gasteiger partial charge is 0.0576 e. The first-order chi connectivity index (χ1) is 6.20. The molecule has 0 spiro atoms. The van der Waals surface area contributed by atoms with Crippen molar-refractivity contribution in [3.05, 3.63) is 0 Å². The van der Waals surface area contributed by atoms with Gasteiger partial charge in [0.2, 0.25) is 0 Å². The fraction of sp³-hybridized carbons (Fsp3) is 1.00. The molecule has 2 atom stereocenters. The van der Waals surface area contributed by atoms with Gasteiger partial charge in [0.15, 0.2) is 0 Å². The predicted octanol–water partition coefficient (Wildman–Crippen LogP) is 2.35. The molecule has 2 heteroatoms. The Hall–Kier alpha value is -0.0800. The maximum Gasteiger partial charge on any atom is 0.0576 e. The lowest BCUT2D eigenvalue weighted by Gasteiger charge is -2.24. The maximum absolute atomic E-state index is 9.60. The molecule has 2 nitrogen and oxygen atoms in total. The van der Waals surface area contributed by atoms with E-state index < -0.39 is 0 Å². The maximum atomic E-state index is 9.60. The topological polar surface area (TPSA) is 29.5 Å². The van der Waals surface area contributed by atoms with Crippen LogP contribution >= 0.6 is 0 Å². The van der Waals surface area contributed by atoms with Crippen LogP contribution in [0, 0.1) is 5.92 Å². The van der Waals surface area contributed by atoms with Crippen LogP contribution in [0.4, 0.5) is 0 Å². The van der Waals surface area contributed by atoms with E-state index in [9.17, 15) is 5.11 Å². The Morgan fingerprint density at radius 1 is 1.38 bits per heavy atom. The van der Waals surface area contributed by atoms with Crippen molar-refractivity contribution in [1.82, 2.24) is 0 Å². The standard InChI is InChI=1S/C11H22O2/c1-9(2)11(12)7-6-10-5-3-4-8-13-10/h9-12H,3-8H2,1-2H3. The van der Waals surface area contributed by atoms with E-state index in [1.165, 1.54) is 19.3 Å². The van der Waals surface area contributed by atoms with Crippen LogP contribution in [0.25, 0.3) is 0 Å². The average molecular weight is 186 g/mol. The van der Waals surface area contributed by atoms with Gasteiger partial charge in [0.1, 0.15) is 0 Å². The van der Waals surface area contributed by atoms with Gasteiger partial charge < -0.3 is 9.84 Å². The van der Waals surface area contributed by atoms with E-state index in [2.05, 4.69) is 13.8 Å². The third-order valence-electron chi connectivity index (χ3n) is 2.83. The lowest BCUT2D eigenvalue weighted by atomic mass is 9.98. The molecule has 1 rings (SSSR count). The largest absolute Gasteiger partial charge is 0.393 e. The summed E-state index contributed by atoms with van der Waals surface area (Å²) in [7, 11) is 0. The van der Waals surface area contributed by atoms with Crippen molar-refractivity contribution in [1.29, 1.82) is 0 Å². The van der Waals surface area contributed by atoms with Crippen molar-refractivity contribution in [2.75, 3.05) is 6.61 Å². The second-order valence-electron chi connectivity index (χ2n) is 4.38.